The zero-order valence-electron chi connectivity index (χ0n) is 15.0. The molecule has 0 saturated carbocycles. The number of guanidine groups is 1. The zero-order chi connectivity index (χ0) is 18.1. The molecule has 1 fully saturated rings. The van der Waals surface area contributed by atoms with E-state index < -0.39 is 0 Å². The van der Waals surface area contributed by atoms with Crippen LogP contribution in [0.5, 0.6) is 5.75 Å². The van der Waals surface area contributed by atoms with Crippen molar-refractivity contribution >= 4 is 23.5 Å². The van der Waals surface area contributed by atoms with E-state index >= 15 is 0 Å². The third kappa shape index (κ3) is 6.46. The van der Waals surface area contributed by atoms with Gasteiger partial charge in [-0.15, -0.1) is 0 Å². The molecule has 0 radical (unpaired) electrons. The average Bonchev–Trinajstić information content (AvgIpc) is 3.14. The molecule has 1 heterocycles. The third-order valence-corrected chi connectivity index (χ3v) is 4.28. The summed E-state index contributed by atoms with van der Waals surface area (Å²) < 4.78 is 5.71. The summed E-state index contributed by atoms with van der Waals surface area (Å²) in [4.78, 5) is 20.5. The molecular formula is C18H27ClN4O2. The first-order valence-electron chi connectivity index (χ1n) is 8.75. The maximum Gasteiger partial charge on any atom is 0.244 e. The van der Waals surface area contributed by atoms with Gasteiger partial charge in [0.25, 0.3) is 0 Å². The Morgan fingerprint density at radius 3 is 2.64 bits per heavy atom. The van der Waals surface area contributed by atoms with Gasteiger partial charge in [0.2, 0.25) is 5.91 Å². The normalized spacial score (nSPS) is 14.5. The number of ether oxygens (including phenoxy) is 1. The Kier molecular flexibility index (Phi) is 7.85. The highest BCUT2D eigenvalue weighted by Crippen LogP contribution is 2.15. The molecule has 138 valence electrons. The van der Waals surface area contributed by atoms with Crippen LogP contribution in [0.2, 0.25) is 5.02 Å². The molecule has 1 aliphatic heterocycles. The number of benzene rings is 1. The molecule has 25 heavy (non-hydrogen) atoms. The third-order valence-electron chi connectivity index (χ3n) is 4.03. The first kappa shape index (κ1) is 19.4. The van der Waals surface area contributed by atoms with E-state index in [0.717, 1.165) is 44.2 Å². The van der Waals surface area contributed by atoms with Gasteiger partial charge < -0.3 is 19.9 Å². The number of rotatable bonds is 7. The van der Waals surface area contributed by atoms with E-state index in [1.807, 2.05) is 35.9 Å². The predicted octanol–water partition coefficient (Wildman–Crippen LogP) is 2.24. The maximum atomic E-state index is 12.1. The molecule has 1 aromatic rings. The van der Waals surface area contributed by atoms with Gasteiger partial charge in [-0.25, -0.2) is 4.99 Å². The van der Waals surface area contributed by atoms with Crippen LogP contribution < -0.4 is 10.1 Å². The van der Waals surface area contributed by atoms with Crippen LogP contribution in [0.15, 0.2) is 29.3 Å². The number of carbonyl (C=O) groups excluding carboxylic acids is 1. The second kappa shape index (κ2) is 10.1. The number of nitrogens with zero attached hydrogens (tertiary/aromatic N) is 3. The number of nitrogens with one attached hydrogen (secondary N) is 1. The standard InChI is InChI=1S/C18H27ClN4O2/c1-3-20-18(21-14-17(24)23-10-4-5-11-23)22(2)12-13-25-16-8-6-15(19)7-9-16/h6-9H,3-5,10-14H2,1-2H3,(H,20,21). The number of carbonyl (C=O) groups is 1. The molecule has 6 nitrogen and oxygen atoms in total. The lowest BCUT2D eigenvalue weighted by atomic mass is 10.3. The van der Waals surface area contributed by atoms with Crippen LogP contribution in [0.25, 0.3) is 0 Å². The Morgan fingerprint density at radius 1 is 1.32 bits per heavy atom. The Morgan fingerprint density at radius 2 is 2.00 bits per heavy atom. The molecular weight excluding hydrogens is 340 g/mol. The molecule has 1 aliphatic rings. The van der Waals surface area contributed by atoms with Crippen molar-refractivity contribution in [2.24, 2.45) is 4.99 Å². The SMILES string of the molecule is CCNC(=NCC(=O)N1CCCC1)N(C)CCOc1ccc(Cl)cc1. The first-order chi connectivity index (χ1) is 12.1. The summed E-state index contributed by atoms with van der Waals surface area (Å²) in [5, 5.41) is 3.91. The van der Waals surface area contributed by atoms with Gasteiger partial charge in [0, 0.05) is 31.7 Å². The fourth-order valence-corrected chi connectivity index (χ4v) is 2.74. The van der Waals surface area contributed by atoms with Crippen molar-refractivity contribution in [3.8, 4) is 5.75 Å². The van der Waals surface area contributed by atoms with Crippen LogP contribution >= 0.6 is 11.6 Å². The summed E-state index contributed by atoms with van der Waals surface area (Å²) in [5.74, 6) is 1.59. The van der Waals surface area contributed by atoms with Gasteiger partial charge >= 0.3 is 0 Å². The zero-order valence-corrected chi connectivity index (χ0v) is 15.8. The van der Waals surface area contributed by atoms with Gasteiger partial charge in [0.15, 0.2) is 5.96 Å². The van der Waals surface area contributed by atoms with Gasteiger partial charge in [-0.3, -0.25) is 4.79 Å². The molecule has 7 heteroatoms. The molecule has 0 unspecified atom stereocenters. The van der Waals surface area contributed by atoms with Crippen molar-refractivity contribution in [3.05, 3.63) is 29.3 Å². The van der Waals surface area contributed by atoms with Crippen LogP contribution in [0, 0.1) is 0 Å². The molecule has 0 bridgehead atoms. The summed E-state index contributed by atoms with van der Waals surface area (Å²) in [5.41, 5.74) is 0. The molecule has 1 saturated heterocycles. The highest BCUT2D eigenvalue weighted by Gasteiger charge is 2.17. The minimum Gasteiger partial charge on any atom is -0.492 e. The summed E-state index contributed by atoms with van der Waals surface area (Å²) in [6.45, 7) is 5.83. The van der Waals surface area contributed by atoms with Gasteiger partial charge in [0.1, 0.15) is 18.9 Å². The highest BCUT2D eigenvalue weighted by atomic mass is 35.5. The molecule has 0 aliphatic carbocycles. The lowest BCUT2D eigenvalue weighted by Gasteiger charge is -2.22. The smallest absolute Gasteiger partial charge is 0.244 e. The number of likely N-dealkylation sites (N-methyl/N-ethyl adjacent to an activating group) is 1. The van der Waals surface area contributed by atoms with Crippen molar-refractivity contribution in [3.63, 3.8) is 0 Å². The largest absolute Gasteiger partial charge is 0.492 e. The Hall–Kier alpha value is -1.95. The topological polar surface area (TPSA) is 57.2 Å². The van der Waals surface area contributed by atoms with Crippen LogP contribution in [0.3, 0.4) is 0 Å². The summed E-state index contributed by atoms with van der Waals surface area (Å²) >= 11 is 5.86. The van der Waals surface area contributed by atoms with Crippen molar-refractivity contribution in [2.45, 2.75) is 19.8 Å². The Balaban J connectivity index is 1.81. The van der Waals surface area contributed by atoms with Crippen molar-refractivity contribution in [1.29, 1.82) is 0 Å². The number of amides is 1. The number of halogens is 1. The van der Waals surface area contributed by atoms with Gasteiger partial charge in [0.05, 0.1) is 6.54 Å². The van der Waals surface area contributed by atoms with E-state index in [2.05, 4.69) is 10.3 Å². The summed E-state index contributed by atoms with van der Waals surface area (Å²) in [6, 6.07) is 7.29. The maximum absolute atomic E-state index is 12.1. The van der Waals surface area contributed by atoms with Gasteiger partial charge in [-0.1, -0.05) is 11.6 Å². The molecule has 1 amide bonds. The minimum absolute atomic E-state index is 0.0960. The molecule has 1 N–H and O–H groups in total. The van der Waals surface area contributed by atoms with E-state index in [-0.39, 0.29) is 12.5 Å². The second-order valence-corrected chi connectivity index (χ2v) is 6.42. The van der Waals surface area contributed by atoms with Gasteiger partial charge in [-0.05, 0) is 44.0 Å². The van der Waals surface area contributed by atoms with E-state index in [1.54, 1.807) is 12.1 Å². The fraction of sp³-hybridized carbons (Fsp3) is 0.556. The van der Waals surface area contributed by atoms with E-state index in [1.165, 1.54) is 0 Å². The number of aliphatic imine (C=N–C) groups is 1. The molecule has 0 atom stereocenters. The van der Waals surface area contributed by atoms with Crippen molar-refractivity contribution < 1.29 is 9.53 Å². The van der Waals surface area contributed by atoms with Crippen LogP contribution in [0.4, 0.5) is 0 Å². The highest BCUT2D eigenvalue weighted by molar-refractivity contribution is 6.30. The van der Waals surface area contributed by atoms with Crippen molar-refractivity contribution in [1.82, 2.24) is 15.1 Å². The van der Waals surface area contributed by atoms with Gasteiger partial charge in [-0.2, -0.15) is 0 Å². The van der Waals surface area contributed by atoms with E-state index in [4.69, 9.17) is 16.3 Å². The van der Waals surface area contributed by atoms with E-state index in [9.17, 15) is 4.79 Å². The molecule has 1 aromatic carbocycles. The number of hydrogen-bond acceptors (Lipinski definition) is 3. The summed E-state index contributed by atoms with van der Waals surface area (Å²) in [7, 11) is 1.94. The van der Waals surface area contributed by atoms with Crippen LogP contribution in [-0.4, -0.2) is 68.0 Å². The Bertz CT molecular complexity index is 571. The lowest BCUT2D eigenvalue weighted by Crippen LogP contribution is -2.41. The second-order valence-electron chi connectivity index (χ2n) is 5.98. The fourth-order valence-electron chi connectivity index (χ4n) is 2.62. The van der Waals surface area contributed by atoms with Crippen LogP contribution in [-0.2, 0) is 4.79 Å². The Labute approximate surface area is 154 Å². The van der Waals surface area contributed by atoms with E-state index in [0.29, 0.717) is 18.2 Å². The van der Waals surface area contributed by atoms with Crippen LogP contribution in [0.1, 0.15) is 19.8 Å². The molecule has 0 aromatic heterocycles. The van der Waals surface area contributed by atoms with Crippen molar-refractivity contribution in [2.75, 3.05) is 46.4 Å². The molecule has 0 spiro atoms. The average molecular weight is 367 g/mol. The number of likely N-dealkylation sites (tertiary alicyclic amines) is 1. The first-order valence-corrected chi connectivity index (χ1v) is 9.13. The number of hydrogen-bond donors (Lipinski definition) is 1. The minimum atomic E-state index is 0.0960. The molecule has 2 rings (SSSR count). The quantitative estimate of drug-likeness (QED) is 0.594. The lowest BCUT2D eigenvalue weighted by molar-refractivity contribution is -0.128. The summed E-state index contributed by atoms with van der Waals surface area (Å²) in [6.07, 6.45) is 2.19. The monoisotopic (exact) mass is 366 g/mol. The predicted molar refractivity (Wildman–Crippen MR) is 101 cm³/mol.